The molecule has 0 unspecified atom stereocenters. The van der Waals surface area contributed by atoms with Gasteiger partial charge in [0.05, 0.1) is 7.11 Å². The number of rotatable bonds is 11. The number of aliphatic hydroxyl groups is 2. The maximum Gasteiger partial charge on any atom is 0.366 e. The van der Waals surface area contributed by atoms with Crippen LogP contribution >= 0.6 is 0 Å². The summed E-state index contributed by atoms with van der Waals surface area (Å²) in [6.07, 6.45) is 17.1. The van der Waals surface area contributed by atoms with Crippen molar-refractivity contribution in [3.63, 3.8) is 0 Å². The van der Waals surface area contributed by atoms with Gasteiger partial charge in [0.2, 0.25) is 0 Å². The number of carbonyl (C=O) groups excluding carboxylic acids is 1. The van der Waals surface area contributed by atoms with Gasteiger partial charge in [-0.05, 0) is 55.7 Å². The molecule has 0 fully saturated rings. The molecule has 1 aliphatic rings. The molecule has 2 N–H and O–H groups in total. The second-order valence-corrected chi connectivity index (χ2v) is 7.03. The van der Waals surface area contributed by atoms with Crippen LogP contribution in [0.3, 0.4) is 0 Å². The summed E-state index contributed by atoms with van der Waals surface area (Å²) in [5.74, 6) is -2.98. The summed E-state index contributed by atoms with van der Waals surface area (Å²) in [5.41, 5.74) is 5.81. The quantitative estimate of drug-likeness (QED) is 0.244. The molecule has 0 bridgehead atoms. The average molecular weight is 363 g/mol. The third-order valence-electron chi connectivity index (χ3n) is 4.85. The SMILES string of the molecule is CCCCCC/C=C/C1=C(CC=C=CCC(O)(O)C(=O)OC)[C@H](C)CC1. The normalized spacial score (nSPS) is 17.5. The Morgan fingerprint density at radius 3 is 2.77 bits per heavy atom. The Balaban J connectivity index is 2.57. The maximum absolute atomic E-state index is 11.2. The van der Waals surface area contributed by atoms with Crippen LogP contribution in [-0.4, -0.2) is 29.1 Å². The van der Waals surface area contributed by atoms with E-state index in [4.69, 9.17) is 0 Å². The Hall–Kier alpha value is -1.61. The molecule has 1 atom stereocenters. The molecule has 0 aromatic rings. The first-order chi connectivity index (χ1) is 12.4. The third kappa shape index (κ3) is 7.74. The lowest BCUT2D eigenvalue weighted by atomic mass is 9.99. The minimum atomic E-state index is -2.48. The first kappa shape index (κ1) is 22.4. The Bertz CT molecular complexity index is 563. The van der Waals surface area contributed by atoms with Crippen molar-refractivity contribution in [2.45, 2.75) is 77.4 Å². The molecule has 0 spiro atoms. The van der Waals surface area contributed by atoms with Crippen LogP contribution in [0.25, 0.3) is 0 Å². The molecule has 4 nitrogen and oxygen atoms in total. The fourth-order valence-electron chi connectivity index (χ4n) is 3.16. The molecule has 0 saturated heterocycles. The molecule has 4 heteroatoms. The van der Waals surface area contributed by atoms with Gasteiger partial charge in [0.1, 0.15) is 0 Å². The Labute approximate surface area is 158 Å². The van der Waals surface area contributed by atoms with E-state index in [0.29, 0.717) is 5.92 Å². The molecule has 0 saturated carbocycles. The van der Waals surface area contributed by atoms with Gasteiger partial charge >= 0.3 is 5.97 Å². The molecule has 146 valence electrons. The summed E-state index contributed by atoms with van der Waals surface area (Å²) in [4.78, 5) is 11.2. The number of hydrogen-bond donors (Lipinski definition) is 2. The van der Waals surface area contributed by atoms with Crippen LogP contribution < -0.4 is 0 Å². The van der Waals surface area contributed by atoms with Crippen molar-refractivity contribution in [1.29, 1.82) is 0 Å². The fourth-order valence-corrected chi connectivity index (χ4v) is 3.16. The van der Waals surface area contributed by atoms with Gasteiger partial charge in [-0.25, -0.2) is 4.79 Å². The topological polar surface area (TPSA) is 66.8 Å². The van der Waals surface area contributed by atoms with Gasteiger partial charge in [0.15, 0.2) is 0 Å². The van der Waals surface area contributed by atoms with Crippen molar-refractivity contribution < 1.29 is 19.7 Å². The van der Waals surface area contributed by atoms with Crippen LogP contribution in [0, 0.1) is 5.92 Å². The summed E-state index contributed by atoms with van der Waals surface area (Å²) >= 11 is 0. The molecule has 0 heterocycles. The van der Waals surface area contributed by atoms with Crippen molar-refractivity contribution in [2.75, 3.05) is 7.11 Å². The van der Waals surface area contributed by atoms with E-state index in [0.717, 1.165) is 26.4 Å². The molecule has 0 aliphatic heterocycles. The Morgan fingerprint density at radius 1 is 1.31 bits per heavy atom. The zero-order chi connectivity index (χ0) is 19.4. The van der Waals surface area contributed by atoms with Crippen molar-refractivity contribution >= 4 is 5.97 Å². The highest BCUT2D eigenvalue weighted by molar-refractivity contribution is 5.77. The van der Waals surface area contributed by atoms with Crippen LogP contribution in [-0.2, 0) is 9.53 Å². The number of unbranched alkanes of at least 4 members (excludes halogenated alkanes) is 4. The molecule has 26 heavy (non-hydrogen) atoms. The summed E-state index contributed by atoms with van der Waals surface area (Å²) < 4.78 is 4.34. The van der Waals surface area contributed by atoms with E-state index in [1.165, 1.54) is 49.3 Å². The van der Waals surface area contributed by atoms with E-state index in [2.05, 4.69) is 36.5 Å². The number of allylic oxidation sites excluding steroid dienone is 4. The van der Waals surface area contributed by atoms with E-state index < -0.39 is 11.8 Å². The zero-order valence-corrected chi connectivity index (χ0v) is 16.5. The summed E-state index contributed by atoms with van der Waals surface area (Å²) in [5, 5.41) is 19.1. The number of ether oxygens (including phenoxy) is 1. The number of esters is 1. The highest BCUT2D eigenvalue weighted by Gasteiger charge is 2.32. The largest absolute Gasteiger partial charge is 0.465 e. The Kier molecular flexibility index (Phi) is 10.3. The first-order valence-corrected chi connectivity index (χ1v) is 9.73. The van der Waals surface area contributed by atoms with Gasteiger partial charge in [-0.15, -0.1) is 5.73 Å². The lowest BCUT2D eigenvalue weighted by Crippen LogP contribution is -2.38. The van der Waals surface area contributed by atoms with Crippen molar-refractivity contribution in [3.05, 3.63) is 41.2 Å². The van der Waals surface area contributed by atoms with Crippen LogP contribution in [0.15, 0.2) is 41.2 Å². The zero-order valence-electron chi connectivity index (χ0n) is 16.5. The van der Waals surface area contributed by atoms with Crippen molar-refractivity contribution in [3.8, 4) is 0 Å². The summed E-state index contributed by atoms with van der Waals surface area (Å²) in [6.45, 7) is 4.48. The minimum absolute atomic E-state index is 0.241. The highest BCUT2D eigenvalue weighted by atomic mass is 16.6. The lowest BCUT2D eigenvalue weighted by Gasteiger charge is -2.15. The summed E-state index contributed by atoms with van der Waals surface area (Å²) in [6, 6.07) is 0. The van der Waals surface area contributed by atoms with Gasteiger partial charge in [-0.3, -0.25) is 0 Å². The molecule has 0 amide bonds. The number of methoxy groups -OCH3 is 1. The second-order valence-electron chi connectivity index (χ2n) is 7.03. The van der Waals surface area contributed by atoms with Gasteiger partial charge in [0.25, 0.3) is 5.79 Å². The fraction of sp³-hybridized carbons (Fsp3) is 0.636. The molecule has 0 aromatic heterocycles. The van der Waals surface area contributed by atoms with Crippen LogP contribution in [0.1, 0.15) is 71.6 Å². The monoisotopic (exact) mass is 362 g/mol. The predicted molar refractivity (Wildman–Crippen MR) is 104 cm³/mol. The van der Waals surface area contributed by atoms with E-state index in [9.17, 15) is 15.0 Å². The minimum Gasteiger partial charge on any atom is -0.465 e. The van der Waals surface area contributed by atoms with Gasteiger partial charge in [0, 0.05) is 6.42 Å². The smallest absolute Gasteiger partial charge is 0.366 e. The van der Waals surface area contributed by atoms with E-state index in [1.807, 2.05) is 6.08 Å². The molecular formula is C22H34O4. The Morgan fingerprint density at radius 2 is 2.08 bits per heavy atom. The average Bonchev–Trinajstić information content (AvgIpc) is 2.97. The predicted octanol–water partition coefficient (Wildman–Crippen LogP) is 4.58. The summed E-state index contributed by atoms with van der Waals surface area (Å²) in [7, 11) is 1.12. The van der Waals surface area contributed by atoms with Gasteiger partial charge in [-0.1, -0.05) is 50.8 Å². The lowest BCUT2D eigenvalue weighted by molar-refractivity contribution is -0.205. The van der Waals surface area contributed by atoms with E-state index in [-0.39, 0.29) is 6.42 Å². The first-order valence-electron chi connectivity index (χ1n) is 9.73. The van der Waals surface area contributed by atoms with E-state index in [1.54, 1.807) is 0 Å². The molecular weight excluding hydrogens is 328 g/mol. The third-order valence-corrected chi connectivity index (χ3v) is 4.85. The van der Waals surface area contributed by atoms with E-state index >= 15 is 0 Å². The molecule has 0 radical (unpaired) electrons. The maximum atomic E-state index is 11.2. The van der Waals surface area contributed by atoms with Crippen molar-refractivity contribution in [2.24, 2.45) is 5.92 Å². The second kappa shape index (κ2) is 11.9. The molecule has 0 aromatic carbocycles. The van der Waals surface area contributed by atoms with Gasteiger partial charge in [-0.2, -0.15) is 0 Å². The van der Waals surface area contributed by atoms with Crippen LogP contribution in [0.2, 0.25) is 0 Å². The molecule has 1 rings (SSSR count). The number of hydrogen-bond acceptors (Lipinski definition) is 4. The van der Waals surface area contributed by atoms with Gasteiger partial charge < -0.3 is 14.9 Å². The van der Waals surface area contributed by atoms with Crippen LogP contribution in [0.5, 0.6) is 0 Å². The van der Waals surface area contributed by atoms with Crippen LogP contribution in [0.4, 0.5) is 0 Å². The standard InChI is InChI=1S/C22H34O4/c1-4-5-6-7-8-10-13-19-16-15-18(2)20(19)14-11-9-12-17-22(24,25)21(23)26-3/h10-13,18,24-25H,4-8,14-17H2,1-3H3/b13-10+/t9?,18-/m1/s1. The highest BCUT2D eigenvalue weighted by Crippen LogP contribution is 2.34. The molecule has 1 aliphatic carbocycles. The van der Waals surface area contributed by atoms with Crippen molar-refractivity contribution in [1.82, 2.24) is 0 Å². The number of carbonyl (C=O) groups is 1.